The first-order chi connectivity index (χ1) is 40.2. The van der Waals surface area contributed by atoms with Crippen molar-refractivity contribution in [2.45, 2.75) is 205 Å². The van der Waals surface area contributed by atoms with Crippen molar-refractivity contribution in [2.24, 2.45) is 0 Å². The SMILES string of the molecule is Cc1cc2c(cc1N1c3cc4c(cc3B3c5cc6c(cc5N(c5cccc7oc8ccccc8c57)c5cc(N7c8ccc(-c9ccccc9)cc8C8(C)CCCCC78C)cc1c53)C(C)(C)CCC6(C)C)C(C)(C)CCC4(C)C)C(C)(C)CC2(C)C. The average Bonchev–Trinajstić information content (AvgIpc) is 1.69. The van der Waals surface area contributed by atoms with E-state index in [9.17, 15) is 0 Å². The van der Waals surface area contributed by atoms with Crippen molar-refractivity contribution < 1.29 is 4.42 Å². The van der Waals surface area contributed by atoms with Crippen molar-refractivity contribution in [3.63, 3.8) is 0 Å². The van der Waals surface area contributed by atoms with Gasteiger partial charge in [0.2, 0.25) is 0 Å². The van der Waals surface area contributed by atoms with Gasteiger partial charge in [0.15, 0.2) is 0 Å². The Hall–Kier alpha value is -6.98. The number of fused-ring (bicyclic) bond motifs is 13. The van der Waals surface area contributed by atoms with Crippen LogP contribution < -0.4 is 31.1 Å². The predicted molar refractivity (Wildman–Crippen MR) is 362 cm³/mol. The van der Waals surface area contributed by atoms with Gasteiger partial charge < -0.3 is 19.1 Å². The lowest BCUT2D eigenvalue weighted by Crippen LogP contribution is -2.62. The maximum absolute atomic E-state index is 6.91. The summed E-state index contributed by atoms with van der Waals surface area (Å²) in [4.78, 5) is 8.45. The number of nitrogens with zero attached hydrogens (tertiary/aromatic N) is 3. The third-order valence-corrected chi connectivity index (χ3v) is 24.0. The third kappa shape index (κ3) is 7.22. The summed E-state index contributed by atoms with van der Waals surface area (Å²) in [5.41, 5.74) is 30.5. The van der Waals surface area contributed by atoms with E-state index in [-0.39, 0.29) is 50.2 Å². The van der Waals surface area contributed by atoms with Crippen LogP contribution in [0, 0.1) is 6.92 Å². The second kappa shape index (κ2) is 17.2. The van der Waals surface area contributed by atoms with Gasteiger partial charge in [-0.3, -0.25) is 0 Å². The summed E-state index contributed by atoms with van der Waals surface area (Å²) < 4.78 is 6.91. The predicted octanol–water partition coefficient (Wildman–Crippen LogP) is 20.0. The van der Waals surface area contributed by atoms with Crippen LogP contribution in [0.5, 0.6) is 0 Å². The third-order valence-electron chi connectivity index (χ3n) is 24.0. The Kier molecular flexibility index (Phi) is 10.8. The fourth-order valence-electron chi connectivity index (χ4n) is 19.0. The lowest BCUT2D eigenvalue weighted by molar-refractivity contribution is 0.195. The zero-order valence-electron chi connectivity index (χ0n) is 53.5. The molecule has 3 aliphatic heterocycles. The molecule has 4 aliphatic carbocycles. The minimum Gasteiger partial charge on any atom is -0.456 e. The largest absolute Gasteiger partial charge is 0.456 e. The van der Waals surface area contributed by atoms with Gasteiger partial charge in [0.1, 0.15) is 11.2 Å². The molecule has 1 fully saturated rings. The van der Waals surface area contributed by atoms with Crippen LogP contribution in [0.3, 0.4) is 0 Å². The van der Waals surface area contributed by atoms with Gasteiger partial charge in [0.05, 0.1) is 16.6 Å². The number of para-hydroxylation sites is 1. The van der Waals surface area contributed by atoms with Crippen LogP contribution in [0.4, 0.5) is 45.5 Å². The van der Waals surface area contributed by atoms with E-state index in [2.05, 4.69) is 258 Å². The molecule has 0 saturated heterocycles. The number of hydrogen-bond donors (Lipinski definition) is 0. The smallest absolute Gasteiger partial charge is 0.252 e. The molecule has 1 saturated carbocycles. The van der Waals surface area contributed by atoms with Gasteiger partial charge in [-0.1, -0.05) is 182 Å². The van der Waals surface area contributed by atoms with E-state index in [0.29, 0.717) is 0 Å². The summed E-state index contributed by atoms with van der Waals surface area (Å²) in [5.74, 6) is 0. The van der Waals surface area contributed by atoms with Gasteiger partial charge in [0, 0.05) is 50.6 Å². The normalized spacial score (nSPS) is 23.6. The molecule has 4 nitrogen and oxygen atoms in total. The minimum atomic E-state index is -0.207. The van der Waals surface area contributed by atoms with Crippen molar-refractivity contribution in [2.75, 3.05) is 14.7 Å². The van der Waals surface area contributed by atoms with E-state index in [0.717, 1.165) is 66.9 Å². The molecule has 5 heteroatoms. The van der Waals surface area contributed by atoms with Gasteiger partial charge in [-0.05, 0) is 224 Å². The Balaban J connectivity index is 1.08. The molecule has 2 atom stereocenters. The second-order valence-electron chi connectivity index (χ2n) is 32.1. The van der Waals surface area contributed by atoms with Gasteiger partial charge in [0.25, 0.3) is 6.71 Å². The zero-order valence-corrected chi connectivity index (χ0v) is 53.5. The highest BCUT2D eigenvalue weighted by Gasteiger charge is 2.59. The molecule has 0 radical (unpaired) electrons. The summed E-state index contributed by atoms with van der Waals surface area (Å²) in [6, 6.07) is 55.7. The number of furan rings is 1. The molecule has 7 aliphatic rings. The molecule has 0 amide bonds. The number of hydrogen-bond acceptors (Lipinski definition) is 4. The van der Waals surface area contributed by atoms with Crippen LogP contribution in [0.2, 0.25) is 0 Å². The summed E-state index contributed by atoms with van der Waals surface area (Å²) in [6.07, 6.45) is 10.4. The first kappa shape index (κ1) is 53.5. The Morgan fingerprint density at radius 3 is 1.53 bits per heavy atom. The lowest BCUT2D eigenvalue weighted by Gasteiger charge is -2.52. The summed E-state index contributed by atoms with van der Waals surface area (Å²) >= 11 is 0. The lowest BCUT2D eigenvalue weighted by atomic mass is 9.32. The van der Waals surface area contributed by atoms with E-state index >= 15 is 0 Å². The monoisotopic (exact) mass is 1120 g/mol. The number of benzene rings is 8. The second-order valence-corrected chi connectivity index (χ2v) is 32.1. The molecule has 4 heterocycles. The van der Waals surface area contributed by atoms with E-state index in [4.69, 9.17) is 4.42 Å². The topological polar surface area (TPSA) is 22.9 Å². The molecule has 2 unspecified atom stereocenters. The van der Waals surface area contributed by atoms with Crippen molar-refractivity contribution in [1.82, 2.24) is 0 Å². The maximum atomic E-state index is 6.91. The molecule has 0 bridgehead atoms. The average molecular weight is 1120 g/mol. The van der Waals surface area contributed by atoms with E-state index in [1.807, 2.05) is 0 Å². The molecule has 0 N–H and O–H groups in total. The summed E-state index contributed by atoms with van der Waals surface area (Å²) in [6.45, 7) is 37.7. The number of rotatable bonds is 4. The maximum Gasteiger partial charge on any atom is 0.252 e. The van der Waals surface area contributed by atoms with Crippen LogP contribution in [0.15, 0.2) is 144 Å². The molecule has 9 aromatic rings. The first-order valence-corrected chi connectivity index (χ1v) is 32.5. The number of anilines is 8. The van der Waals surface area contributed by atoms with Crippen molar-refractivity contribution in [3.8, 4) is 11.1 Å². The Bertz CT molecular complexity index is 4380. The van der Waals surface area contributed by atoms with E-state index in [1.54, 1.807) is 0 Å². The molecule has 85 heavy (non-hydrogen) atoms. The zero-order chi connectivity index (χ0) is 59.1. The van der Waals surface area contributed by atoms with Gasteiger partial charge >= 0.3 is 0 Å². The highest BCUT2D eigenvalue weighted by atomic mass is 16.3. The Morgan fingerprint density at radius 1 is 0.388 bits per heavy atom. The van der Waals surface area contributed by atoms with E-state index in [1.165, 1.54) is 130 Å². The quantitative estimate of drug-likeness (QED) is 0.164. The highest BCUT2D eigenvalue weighted by molar-refractivity contribution is 7.00. The Morgan fingerprint density at radius 2 is 0.906 bits per heavy atom. The highest BCUT2D eigenvalue weighted by Crippen LogP contribution is 2.64. The van der Waals surface area contributed by atoms with Crippen LogP contribution in [0.1, 0.15) is 199 Å². The van der Waals surface area contributed by atoms with Crippen LogP contribution in [-0.4, -0.2) is 12.3 Å². The fraction of sp³-hybridized carbons (Fsp3) is 0.400. The van der Waals surface area contributed by atoms with Crippen molar-refractivity contribution in [3.05, 3.63) is 184 Å². The molecule has 0 spiro atoms. The fourth-order valence-corrected chi connectivity index (χ4v) is 19.0. The molecular weight excluding hydrogens is 1030 g/mol. The molecule has 16 rings (SSSR count). The van der Waals surface area contributed by atoms with Crippen LogP contribution in [0.25, 0.3) is 33.1 Å². The number of aryl methyl sites for hydroxylation is 1. The summed E-state index contributed by atoms with van der Waals surface area (Å²) in [7, 11) is 0. The molecule has 8 aromatic carbocycles. The van der Waals surface area contributed by atoms with Gasteiger partial charge in [-0.25, -0.2) is 0 Å². The van der Waals surface area contributed by atoms with E-state index < -0.39 is 0 Å². The van der Waals surface area contributed by atoms with Crippen molar-refractivity contribution >= 4 is 90.5 Å². The molecule has 430 valence electrons. The summed E-state index contributed by atoms with van der Waals surface area (Å²) in [5, 5.41) is 2.31. The van der Waals surface area contributed by atoms with Crippen LogP contribution >= 0.6 is 0 Å². The van der Waals surface area contributed by atoms with Gasteiger partial charge in [-0.15, -0.1) is 0 Å². The first-order valence-electron chi connectivity index (χ1n) is 32.5. The molecule has 1 aromatic heterocycles. The standard InChI is InChI=1S/C80H86BN3O/c1-48-38-53-58(78(12,13)47-77(53,10)11)44-64(48)83-66-46-57-55(74(4,5)35-37-76(57,8)9)43-61(66)81-60-42-54-56(75(6,7)36-34-73(54,2)3)45-65(60)82(63-27-23-29-70-71(63)52-26-19-20-28-69(52)85-70)67-40-51(41-68(83)72(67)81)84-62-31-30-50(49-24-17-16-18-25-49)39-59(62)79(14)32-21-22-33-80(79,84)15/h16-20,23-31,38-46H,21-22,32-37,47H2,1-15H3. The van der Waals surface area contributed by atoms with Gasteiger partial charge in [-0.2, -0.15) is 0 Å². The Labute approximate surface area is 507 Å². The molecular formula is C80H86BN3O. The van der Waals surface area contributed by atoms with Crippen molar-refractivity contribution in [1.29, 1.82) is 0 Å². The van der Waals surface area contributed by atoms with Crippen LogP contribution in [-0.2, 0) is 37.9 Å². The minimum absolute atomic E-state index is 0.00225.